The van der Waals surface area contributed by atoms with Gasteiger partial charge in [0.15, 0.2) is 0 Å². The van der Waals surface area contributed by atoms with Crippen molar-refractivity contribution in [2.24, 2.45) is 5.73 Å². The molecule has 1 amide bonds. The van der Waals surface area contributed by atoms with Crippen LogP contribution in [0.1, 0.15) is 38.7 Å². The first-order valence-electron chi connectivity index (χ1n) is 8.31. The Hall–Kier alpha value is -1.39. The molecule has 0 aromatic heterocycles. The minimum Gasteiger partial charge on any atom is -0.353 e. The number of carbonyl (C=O) groups is 1. The Morgan fingerprint density at radius 3 is 2.50 bits per heavy atom. The van der Waals surface area contributed by atoms with Gasteiger partial charge >= 0.3 is 0 Å². The number of amides is 1. The highest BCUT2D eigenvalue weighted by atomic mass is 16.2. The van der Waals surface area contributed by atoms with Crippen molar-refractivity contribution in [1.82, 2.24) is 10.2 Å². The van der Waals surface area contributed by atoms with E-state index < -0.39 is 6.04 Å². The zero-order valence-corrected chi connectivity index (χ0v) is 13.8. The van der Waals surface area contributed by atoms with E-state index in [-0.39, 0.29) is 11.4 Å². The van der Waals surface area contributed by atoms with Crippen LogP contribution in [0.5, 0.6) is 0 Å². The molecule has 0 spiro atoms. The number of rotatable bonds is 6. The van der Waals surface area contributed by atoms with E-state index in [0.29, 0.717) is 13.0 Å². The molecule has 0 unspecified atom stereocenters. The summed E-state index contributed by atoms with van der Waals surface area (Å²) >= 11 is 0. The van der Waals surface area contributed by atoms with Crippen molar-refractivity contribution < 1.29 is 4.79 Å². The first-order valence-corrected chi connectivity index (χ1v) is 8.31. The van der Waals surface area contributed by atoms with Gasteiger partial charge in [-0.15, -0.1) is 0 Å². The van der Waals surface area contributed by atoms with Crippen molar-refractivity contribution in [2.75, 3.05) is 19.6 Å². The van der Waals surface area contributed by atoms with Gasteiger partial charge in [0.05, 0.1) is 6.04 Å². The second-order valence-electron chi connectivity index (χ2n) is 6.87. The number of hydrogen-bond acceptors (Lipinski definition) is 3. The minimum atomic E-state index is -0.487. The number of likely N-dealkylation sites (tertiary alicyclic amines) is 1. The van der Waals surface area contributed by atoms with Gasteiger partial charge in [0, 0.05) is 12.1 Å². The third kappa shape index (κ3) is 4.82. The Morgan fingerprint density at radius 1 is 1.23 bits per heavy atom. The van der Waals surface area contributed by atoms with E-state index in [0.717, 1.165) is 18.7 Å². The molecular formula is C18H29N3O. The highest BCUT2D eigenvalue weighted by molar-refractivity contribution is 5.81. The largest absolute Gasteiger partial charge is 0.353 e. The molecule has 1 heterocycles. The van der Waals surface area contributed by atoms with Crippen LogP contribution in [0.25, 0.3) is 0 Å². The molecule has 4 heteroatoms. The van der Waals surface area contributed by atoms with Crippen LogP contribution in [0.2, 0.25) is 0 Å². The molecule has 1 saturated heterocycles. The van der Waals surface area contributed by atoms with E-state index in [1.807, 2.05) is 30.3 Å². The maximum absolute atomic E-state index is 12.2. The highest BCUT2D eigenvalue weighted by Gasteiger charge is 2.28. The molecule has 1 aromatic carbocycles. The molecule has 0 radical (unpaired) electrons. The molecular weight excluding hydrogens is 274 g/mol. The summed E-state index contributed by atoms with van der Waals surface area (Å²) in [6.07, 6.45) is 4.41. The van der Waals surface area contributed by atoms with Crippen LogP contribution in [0.3, 0.4) is 0 Å². The van der Waals surface area contributed by atoms with Gasteiger partial charge in [0.2, 0.25) is 5.91 Å². The minimum absolute atomic E-state index is 0.0114. The topological polar surface area (TPSA) is 58.4 Å². The average Bonchev–Trinajstić information content (AvgIpc) is 2.54. The van der Waals surface area contributed by atoms with E-state index in [9.17, 15) is 4.79 Å². The second-order valence-corrected chi connectivity index (χ2v) is 6.87. The monoisotopic (exact) mass is 303 g/mol. The Bertz CT molecular complexity index is 466. The lowest BCUT2D eigenvalue weighted by Gasteiger charge is -2.41. The van der Waals surface area contributed by atoms with Crippen molar-refractivity contribution in [3.8, 4) is 0 Å². The lowest BCUT2D eigenvalue weighted by atomic mass is 9.98. The molecule has 0 bridgehead atoms. The number of hydrogen-bond donors (Lipinski definition) is 2. The van der Waals surface area contributed by atoms with E-state index >= 15 is 0 Å². The predicted molar refractivity (Wildman–Crippen MR) is 90.6 cm³/mol. The summed E-state index contributed by atoms with van der Waals surface area (Å²) in [4.78, 5) is 14.7. The number of nitrogens with one attached hydrogen (secondary N) is 1. The summed E-state index contributed by atoms with van der Waals surface area (Å²) in [6, 6.07) is 9.43. The van der Waals surface area contributed by atoms with Gasteiger partial charge in [-0.05, 0) is 51.8 Å². The van der Waals surface area contributed by atoms with Crippen LogP contribution in [0, 0.1) is 0 Å². The molecule has 122 valence electrons. The summed E-state index contributed by atoms with van der Waals surface area (Å²) in [7, 11) is 0. The summed E-state index contributed by atoms with van der Waals surface area (Å²) in [5, 5.41) is 3.03. The molecule has 1 fully saturated rings. The van der Waals surface area contributed by atoms with Crippen molar-refractivity contribution in [3.63, 3.8) is 0 Å². The smallest absolute Gasteiger partial charge is 0.237 e. The van der Waals surface area contributed by atoms with Crippen molar-refractivity contribution in [1.29, 1.82) is 0 Å². The van der Waals surface area contributed by atoms with Crippen LogP contribution >= 0.6 is 0 Å². The maximum Gasteiger partial charge on any atom is 0.237 e. The summed E-state index contributed by atoms with van der Waals surface area (Å²) < 4.78 is 0. The molecule has 3 N–H and O–H groups in total. The van der Waals surface area contributed by atoms with Crippen molar-refractivity contribution in [3.05, 3.63) is 35.9 Å². The summed E-state index contributed by atoms with van der Waals surface area (Å²) in [5.74, 6) is -0.0612. The van der Waals surface area contributed by atoms with Crippen molar-refractivity contribution >= 4 is 5.91 Å². The second kappa shape index (κ2) is 7.75. The summed E-state index contributed by atoms with van der Waals surface area (Å²) in [5.41, 5.74) is 7.12. The number of benzene rings is 1. The first-order chi connectivity index (χ1) is 10.5. The van der Waals surface area contributed by atoms with Crippen LogP contribution < -0.4 is 11.1 Å². The Balaban J connectivity index is 1.80. The third-order valence-corrected chi connectivity index (χ3v) is 4.54. The first kappa shape index (κ1) is 17.0. The maximum atomic E-state index is 12.2. The van der Waals surface area contributed by atoms with E-state index in [1.165, 1.54) is 19.3 Å². The van der Waals surface area contributed by atoms with Gasteiger partial charge < -0.3 is 11.1 Å². The molecule has 0 aliphatic carbocycles. The Morgan fingerprint density at radius 2 is 1.86 bits per heavy atom. The summed E-state index contributed by atoms with van der Waals surface area (Å²) in [6.45, 7) is 7.29. The van der Waals surface area contributed by atoms with Gasteiger partial charge in [0.25, 0.3) is 0 Å². The van der Waals surface area contributed by atoms with Gasteiger partial charge in [-0.1, -0.05) is 36.8 Å². The normalized spacial score (nSPS) is 18.0. The highest BCUT2D eigenvalue weighted by Crippen LogP contribution is 2.19. The Labute approximate surface area is 134 Å². The zero-order valence-electron chi connectivity index (χ0n) is 13.8. The number of carbonyl (C=O) groups excluding carboxylic acids is 1. The molecule has 0 saturated carbocycles. The van der Waals surface area contributed by atoms with Crippen molar-refractivity contribution in [2.45, 2.75) is 51.1 Å². The Kier molecular flexibility index (Phi) is 5.98. The molecule has 22 heavy (non-hydrogen) atoms. The van der Waals surface area contributed by atoms with Gasteiger partial charge in [-0.3, -0.25) is 9.69 Å². The average molecular weight is 303 g/mol. The molecule has 1 aromatic rings. The van der Waals surface area contributed by atoms with Gasteiger partial charge in [-0.25, -0.2) is 0 Å². The third-order valence-electron chi connectivity index (χ3n) is 4.54. The molecule has 2 rings (SSSR count). The van der Waals surface area contributed by atoms with Crippen LogP contribution in [0.4, 0.5) is 0 Å². The van der Waals surface area contributed by atoms with Gasteiger partial charge in [-0.2, -0.15) is 0 Å². The van der Waals surface area contributed by atoms with E-state index in [1.54, 1.807) is 0 Å². The van der Waals surface area contributed by atoms with Crippen LogP contribution in [-0.2, 0) is 11.2 Å². The van der Waals surface area contributed by atoms with Crippen LogP contribution in [0.15, 0.2) is 30.3 Å². The van der Waals surface area contributed by atoms with Gasteiger partial charge in [0.1, 0.15) is 0 Å². The van der Waals surface area contributed by atoms with Crippen LogP contribution in [-0.4, -0.2) is 42.0 Å². The van der Waals surface area contributed by atoms with E-state index in [2.05, 4.69) is 24.1 Å². The lowest BCUT2D eigenvalue weighted by Crippen LogP contribution is -2.55. The number of nitrogens with zero attached hydrogens (tertiary/aromatic N) is 1. The fraction of sp³-hybridized carbons (Fsp3) is 0.611. The fourth-order valence-electron chi connectivity index (χ4n) is 3.01. The predicted octanol–water partition coefficient (Wildman–Crippen LogP) is 1.94. The zero-order chi connectivity index (χ0) is 16.0. The van der Waals surface area contributed by atoms with E-state index in [4.69, 9.17) is 5.73 Å². The SMILES string of the molecule is CC(C)(CNC(=O)[C@@H](N)Cc1ccccc1)N1CCCCC1. The fourth-order valence-corrected chi connectivity index (χ4v) is 3.01. The standard InChI is InChI=1S/C18H29N3O/c1-18(2,21-11-7-4-8-12-21)14-20-17(22)16(19)13-15-9-5-3-6-10-15/h3,5-6,9-10,16H,4,7-8,11-14,19H2,1-2H3,(H,20,22)/t16-/m0/s1. The number of piperidine rings is 1. The number of nitrogens with two attached hydrogens (primary N) is 1. The lowest BCUT2D eigenvalue weighted by molar-refractivity contribution is -0.123. The quantitative estimate of drug-likeness (QED) is 0.844. The molecule has 1 atom stereocenters. The molecule has 1 aliphatic rings. The molecule has 1 aliphatic heterocycles. The molecule has 4 nitrogen and oxygen atoms in total.